The van der Waals surface area contributed by atoms with Crippen LogP contribution in [0.3, 0.4) is 0 Å². The number of nitrogens with one attached hydrogen (secondary N) is 1. The number of piperidine rings is 1. The maximum Gasteiger partial charge on any atom is 0.00671 e. The van der Waals surface area contributed by atoms with Crippen LogP contribution in [-0.2, 0) is 0 Å². The predicted octanol–water partition coefficient (Wildman–Crippen LogP) is 3.52. The Morgan fingerprint density at radius 1 is 1.22 bits per heavy atom. The molecule has 0 radical (unpaired) electrons. The molecule has 2 heteroatoms. The van der Waals surface area contributed by atoms with E-state index in [1.165, 1.54) is 58.3 Å². The highest BCUT2D eigenvalue weighted by Gasteiger charge is 2.20. The first kappa shape index (κ1) is 16.0. The Morgan fingerprint density at radius 3 is 2.56 bits per heavy atom. The van der Waals surface area contributed by atoms with Gasteiger partial charge in [-0.05, 0) is 70.5 Å². The molecule has 0 aromatic rings. The Bertz CT molecular complexity index is 197. The Balaban J connectivity index is 2.36. The SMILES string of the molecule is CCCN(CC1CCCNC1)C(C)CCC(C)C. The second-order valence-electron chi connectivity index (χ2n) is 6.53. The molecule has 0 saturated carbocycles. The summed E-state index contributed by atoms with van der Waals surface area (Å²) in [7, 11) is 0. The summed E-state index contributed by atoms with van der Waals surface area (Å²) in [4.78, 5) is 2.74. The molecule has 1 rings (SSSR count). The molecule has 1 N–H and O–H groups in total. The molecule has 18 heavy (non-hydrogen) atoms. The third-order valence-corrected chi connectivity index (χ3v) is 4.19. The molecule has 1 aliphatic heterocycles. The van der Waals surface area contributed by atoms with Crippen LogP contribution < -0.4 is 5.32 Å². The molecule has 1 fully saturated rings. The molecule has 2 unspecified atom stereocenters. The summed E-state index contributed by atoms with van der Waals surface area (Å²) in [6.45, 7) is 14.4. The van der Waals surface area contributed by atoms with Gasteiger partial charge in [0.05, 0.1) is 0 Å². The summed E-state index contributed by atoms with van der Waals surface area (Å²) in [5, 5.41) is 3.54. The molecule has 2 atom stereocenters. The zero-order chi connectivity index (χ0) is 13.4. The highest BCUT2D eigenvalue weighted by atomic mass is 15.2. The number of nitrogens with zero attached hydrogens (tertiary/aromatic N) is 1. The fourth-order valence-electron chi connectivity index (χ4n) is 2.95. The van der Waals surface area contributed by atoms with Gasteiger partial charge in [0.1, 0.15) is 0 Å². The largest absolute Gasteiger partial charge is 0.316 e. The lowest BCUT2D eigenvalue weighted by atomic mass is 9.97. The molecule has 108 valence electrons. The van der Waals surface area contributed by atoms with E-state index < -0.39 is 0 Å². The lowest BCUT2D eigenvalue weighted by molar-refractivity contribution is 0.152. The molecule has 0 bridgehead atoms. The van der Waals surface area contributed by atoms with E-state index in [9.17, 15) is 0 Å². The Hall–Kier alpha value is -0.0800. The van der Waals surface area contributed by atoms with Crippen molar-refractivity contribution in [2.75, 3.05) is 26.2 Å². The Kier molecular flexibility index (Phi) is 7.92. The topological polar surface area (TPSA) is 15.3 Å². The third kappa shape index (κ3) is 6.19. The van der Waals surface area contributed by atoms with Gasteiger partial charge >= 0.3 is 0 Å². The van der Waals surface area contributed by atoms with Crippen LogP contribution in [0, 0.1) is 11.8 Å². The van der Waals surface area contributed by atoms with Gasteiger partial charge in [0.25, 0.3) is 0 Å². The summed E-state index contributed by atoms with van der Waals surface area (Å²) in [5.74, 6) is 1.72. The summed E-state index contributed by atoms with van der Waals surface area (Å²) in [6, 6.07) is 0.759. The van der Waals surface area contributed by atoms with E-state index in [4.69, 9.17) is 0 Å². The van der Waals surface area contributed by atoms with Crippen LogP contribution in [0.25, 0.3) is 0 Å². The van der Waals surface area contributed by atoms with E-state index in [1.54, 1.807) is 0 Å². The highest BCUT2D eigenvalue weighted by Crippen LogP contribution is 2.17. The number of rotatable bonds is 8. The van der Waals surface area contributed by atoms with Crippen LogP contribution in [0.4, 0.5) is 0 Å². The van der Waals surface area contributed by atoms with Crippen molar-refractivity contribution in [1.29, 1.82) is 0 Å². The van der Waals surface area contributed by atoms with Gasteiger partial charge < -0.3 is 10.2 Å². The summed E-state index contributed by atoms with van der Waals surface area (Å²) in [5.41, 5.74) is 0. The van der Waals surface area contributed by atoms with Gasteiger partial charge in [0, 0.05) is 12.6 Å². The fourth-order valence-corrected chi connectivity index (χ4v) is 2.95. The molecule has 0 aliphatic carbocycles. The van der Waals surface area contributed by atoms with Crippen molar-refractivity contribution in [1.82, 2.24) is 10.2 Å². The zero-order valence-corrected chi connectivity index (χ0v) is 13.0. The minimum absolute atomic E-state index is 0.759. The quantitative estimate of drug-likeness (QED) is 0.713. The molecule has 2 nitrogen and oxygen atoms in total. The monoisotopic (exact) mass is 254 g/mol. The van der Waals surface area contributed by atoms with Gasteiger partial charge in [-0.3, -0.25) is 0 Å². The summed E-state index contributed by atoms with van der Waals surface area (Å²) in [6.07, 6.45) is 6.80. The first-order chi connectivity index (χ1) is 8.63. The van der Waals surface area contributed by atoms with Gasteiger partial charge in [-0.1, -0.05) is 20.8 Å². The van der Waals surface area contributed by atoms with E-state index in [0.29, 0.717) is 0 Å². The van der Waals surface area contributed by atoms with Crippen molar-refractivity contribution in [3.8, 4) is 0 Å². The van der Waals surface area contributed by atoms with Gasteiger partial charge in [0.15, 0.2) is 0 Å². The van der Waals surface area contributed by atoms with Crippen molar-refractivity contribution >= 4 is 0 Å². The maximum atomic E-state index is 3.54. The van der Waals surface area contributed by atoms with Gasteiger partial charge in [0.2, 0.25) is 0 Å². The fraction of sp³-hybridized carbons (Fsp3) is 1.00. The van der Waals surface area contributed by atoms with E-state index in [1.807, 2.05) is 0 Å². The lowest BCUT2D eigenvalue weighted by Crippen LogP contribution is -2.42. The standard InChI is InChI=1S/C16H34N2/c1-5-11-18(15(4)9-8-14(2)3)13-16-7-6-10-17-12-16/h14-17H,5-13H2,1-4H3. The zero-order valence-electron chi connectivity index (χ0n) is 13.0. The molecule has 1 heterocycles. The summed E-state index contributed by atoms with van der Waals surface area (Å²) >= 11 is 0. The van der Waals surface area contributed by atoms with Crippen LogP contribution in [0.2, 0.25) is 0 Å². The predicted molar refractivity (Wildman–Crippen MR) is 81.0 cm³/mol. The van der Waals surface area contributed by atoms with Crippen LogP contribution in [0.15, 0.2) is 0 Å². The average Bonchev–Trinajstić information content (AvgIpc) is 2.36. The number of hydrogen-bond acceptors (Lipinski definition) is 2. The van der Waals surface area contributed by atoms with E-state index >= 15 is 0 Å². The molecule has 0 spiro atoms. The first-order valence-corrected chi connectivity index (χ1v) is 8.08. The van der Waals surface area contributed by atoms with Crippen LogP contribution in [0.5, 0.6) is 0 Å². The van der Waals surface area contributed by atoms with Gasteiger partial charge in [-0.2, -0.15) is 0 Å². The van der Waals surface area contributed by atoms with Crippen molar-refractivity contribution in [2.45, 2.75) is 65.8 Å². The first-order valence-electron chi connectivity index (χ1n) is 8.08. The van der Waals surface area contributed by atoms with Crippen LogP contribution in [0.1, 0.15) is 59.8 Å². The normalized spacial score (nSPS) is 22.7. The Morgan fingerprint density at radius 2 is 2.00 bits per heavy atom. The minimum Gasteiger partial charge on any atom is -0.316 e. The van der Waals surface area contributed by atoms with Crippen molar-refractivity contribution in [2.24, 2.45) is 11.8 Å². The molecular weight excluding hydrogens is 220 g/mol. The summed E-state index contributed by atoms with van der Waals surface area (Å²) < 4.78 is 0. The van der Waals surface area contributed by atoms with Crippen molar-refractivity contribution < 1.29 is 0 Å². The van der Waals surface area contributed by atoms with E-state index in [2.05, 4.69) is 37.9 Å². The lowest BCUT2D eigenvalue weighted by Gasteiger charge is -2.34. The second-order valence-corrected chi connectivity index (χ2v) is 6.53. The number of hydrogen-bond donors (Lipinski definition) is 1. The molecule has 0 aromatic heterocycles. The average molecular weight is 254 g/mol. The Labute approximate surface area is 115 Å². The molecular formula is C16H34N2. The van der Waals surface area contributed by atoms with Crippen LogP contribution >= 0.6 is 0 Å². The third-order valence-electron chi connectivity index (χ3n) is 4.19. The van der Waals surface area contributed by atoms with Crippen molar-refractivity contribution in [3.63, 3.8) is 0 Å². The molecule has 0 amide bonds. The smallest absolute Gasteiger partial charge is 0.00671 e. The highest BCUT2D eigenvalue weighted by molar-refractivity contribution is 4.76. The van der Waals surface area contributed by atoms with Gasteiger partial charge in [-0.15, -0.1) is 0 Å². The second kappa shape index (κ2) is 8.92. The van der Waals surface area contributed by atoms with E-state index in [0.717, 1.165) is 17.9 Å². The maximum absolute atomic E-state index is 3.54. The van der Waals surface area contributed by atoms with Gasteiger partial charge in [-0.25, -0.2) is 0 Å². The molecule has 0 aromatic carbocycles. The molecule has 1 saturated heterocycles. The van der Waals surface area contributed by atoms with Crippen LogP contribution in [-0.4, -0.2) is 37.1 Å². The minimum atomic E-state index is 0.759. The molecule has 1 aliphatic rings. The van der Waals surface area contributed by atoms with Crippen molar-refractivity contribution in [3.05, 3.63) is 0 Å². The van der Waals surface area contributed by atoms with E-state index in [-0.39, 0.29) is 0 Å².